The van der Waals surface area contributed by atoms with Gasteiger partial charge in [0.05, 0.1) is 5.69 Å². The molecule has 0 aliphatic heterocycles. The summed E-state index contributed by atoms with van der Waals surface area (Å²) in [5.41, 5.74) is 1.12. The molecule has 0 spiro atoms. The van der Waals surface area contributed by atoms with Crippen LogP contribution in [0.5, 0.6) is 0 Å². The van der Waals surface area contributed by atoms with Crippen molar-refractivity contribution in [1.29, 1.82) is 0 Å². The van der Waals surface area contributed by atoms with Crippen molar-refractivity contribution < 1.29 is 5.11 Å². The van der Waals surface area contributed by atoms with Gasteiger partial charge in [-0.05, 0) is 24.8 Å². The summed E-state index contributed by atoms with van der Waals surface area (Å²) >= 11 is 0. The average Bonchev–Trinajstić information content (AvgIpc) is 2.22. The molecule has 4 heteroatoms. The maximum atomic E-state index is 9.08. The zero-order valence-corrected chi connectivity index (χ0v) is 11.2. The molecule has 1 unspecified atom stereocenters. The second-order valence-corrected chi connectivity index (χ2v) is 5.41. The Kier molecular flexibility index (Phi) is 5.02. The van der Waals surface area contributed by atoms with Crippen molar-refractivity contribution in [3.63, 3.8) is 0 Å². The minimum Gasteiger partial charge on any atom is -0.396 e. The molecular weight excluding hydrogens is 214 g/mol. The molecular formula is C13H23N3O. The van der Waals surface area contributed by atoms with Gasteiger partial charge in [-0.1, -0.05) is 20.8 Å². The monoisotopic (exact) mass is 237 g/mol. The molecule has 0 aliphatic carbocycles. The lowest BCUT2D eigenvalue weighted by molar-refractivity contribution is 0.196. The van der Waals surface area contributed by atoms with Gasteiger partial charge in [-0.15, -0.1) is 0 Å². The average molecular weight is 237 g/mol. The molecule has 4 nitrogen and oxygen atoms in total. The van der Waals surface area contributed by atoms with Crippen LogP contribution in [0.25, 0.3) is 0 Å². The summed E-state index contributed by atoms with van der Waals surface area (Å²) < 4.78 is 0. The smallest absolute Gasteiger partial charge is 0.125 e. The van der Waals surface area contributed by atoms with E-state index < -0.39 is 0 Å². The normalized spacial score (nSPS) is 13.7. The van der Waals surface area contributed by atoms with Gasteiger partial charge >= 0.3 is 0 Å². The highest BCUT2D eigenvalue weighted by Gasteiger charge is 2.23. The summed E-state index contributed by atoms with van der Waals surface area (Å²) in [6.07, 6.45) is 2.53. The van der Waals surface area contributed by atoms with Crippen LogP contribution < -0.4 is 5.32 Å². The number of aliphatic hydroxyl groups is 1. The Hall–Kier alpha value is -1.00. The summed E-state index contributed by atoms with van der Waals surface area (Å²) in [4.78, 5) is 8.42. The standard InChI is InChI=1S/C13H23N3O/c1-10-14-7-5-11(16-10)9-15-12(6-8-17)13(2,3)4/h5,7,12,15,17H,6,8-9H2,1-4H3. The molecule has 0 amide bonds. The van der Waals surface area contributed by atoms with Crippen LogP contribution in [0, 0.1) is 12.3 Å². The molecule has 96 valence electrons. The lowest BCUT2D eigenvalue weighted by Crippen LogP contribution is -2.40. The fourth-order valence-corrected chi connectivity index (χ4v) is 1.80. The molecule has 0 aromatic carbocycles. The molecule has 0 saturated carbocycles. The van der Waals surface area contributed by atoms with Gasteiger partial charge in [-0.25, -0.2) is 9.97 Å². The van der Waals surface area contributed by atoms with Crippen LogP contribution in [-0.2, 0) is 6.54 Å². The van der Waals surface area contributed by atoms with Gasteiger partial charge in [0.1, 0.15) is 5.82 Å². The maximum Gasteiger partial charge on any atom is 0.125 e. The van der Waals surface area contributed by atoms with E-state index in [1.807, 2.05) is 13.0 Å². The summed E-state index contributed by atoms with van der Waals surface area (Å²) in [5, 5.41) is 12.5. The number of aromatic nitrogens is 2. The number of aliphatic hydroxyl groups excluding tert-OH is 1. The predicted molar refractivity (Wildman–Crippen MR) is 68.6 cm³/mol. The molecule has 1 aromatic rings. The third-order valence-electron chi connectivity index (χ3n) is 2.83. The van der Waals surface area contributed by atoms with E-state index in [4.69, 9.17) is 5.11 Å². The van der Waals surface area contributed by atoms with E-state index in [1.54, 1.807) is 6.20 Å². The van der Waals surface area contributed by atoms with Crippen molar-refractivity contribution in [1.82, 2.24) is 15.3 Å². The maximum absolute atomic E-state index is 9.08. The van der Waals surface area contributed by atoms with E-state index in [9.17, 15) is 0 Å². The number of hydrogen-bond donors (Lipinski definition) is 2. The van der Waals surface area contributed by atoms with Gasteiger partial charge in [0.25, 0.3) is 0 Å². The first-order valence-electron chi connectivity index (χ1n) is 6.06. The molecule has 2 N–H and O–H groups in total. The van der Waals surface area contributed by atoms with Crippen LogP contribution in [0.15, 0.2) is 12.3 Å². The molecule has 1 atom stereocenters. The summed E-state index contributed by atoms with van der Waals surface area (Å²) in [6.45, 7) is 9.32. The summed E-state index contributed by atoms with van der Waals surface area (Å²) in [7, 11) is 0. The van der Waals surface area contributed by atoms with Crippen molar-refractivity contribution in [3.8, 4) is 0 Å². The molecule has 0 bridgehead atoms. The zero-order chi connectivity index (χ0) is 12.9. The molecule has 1 heterocycles. The van der Waals surface area contributed by atoms with Gasteiger partial charge in [-0.3, -0.25) is 0 Å². The third-order valence-corrected chi connectivity index (χ3v) is 2.83. The van der Waals surface area contributed by atoms with E-state index in [1.165, 1.54) is 0 Å². The molecule has 0 saturated heterocycles. The van der Waals surface area contributed by atoms with E-state index >= 15 is 0 Å². The van der Waals surface area contributed by atoms with E-state index in [-0.39, 0.29) is 18.1 Å². The summed E-state index contributed by atoms with van der Waals surface area (Å²) in [5.74, 6) is 0.791. The zero-order valence-electron chi connectivity index (χ0n) is 11.2. The lowest BCUT2D eigenvalue weighted by atomic mass is 9.85. The number of rotatable bonds is 5. The van der Waals surface area contributed by atoms with E-state index in [2.05, 4.69) is 36.1 Å². The van der Waals surface area contributed by atoms with E-state index in [0.29, 0.717) is 6.54 Å². The van der Waals surface area contributed by atoms with Gasteiger partial charge in [0.15, 0.2) is 0 Å². The molecule has 0 fully saturated rings. The molecule has 17 heavy (non-hydrogen) atoms. The van der Waals surface area contributed by atoms with Crippen molar-refractivity contribution in [3.05, 3.63) is 23.8 Å². The Balaban J connectivity index is 2.58. The highest BCUT2D eigenvalue weighted by molar-refractivity contribution is 5.01. The number of hydrogen-bond acceptors (Lipinski definition) is 4. The van der Waals surface area contributed by atoms with Crippen molar-refractivity contribution in [2.75, 3.05) is 6.61 Å². The first kappa shape index (κ1) is 14.1. The van der Waals surface area contributed by atoms with Crippen LogP contribution in [0.3, 0.4) is 0 Å². The molecule has 1 rings (SSSR count). The number of nitrogens with zero attached hydrogens (tertiary/aromatic N) is 2. The van der Waals surface area contributed by atoms with Crippen LogP contribution >= 0.6 is 0 Å². The Morgan fingerprint density at radius 1 is 1.41 bits per heavy atom. The Bertz CT molecular complexity index is 347. The number of nitrogens with one attached hydrogen (secondary N) is 1. The van der Waals surface area contributed by atoms with Crippen molar-refractivity contribution in [2.24, 2.45) is 5.41 Å². The van der Waals surface area contributed by atoms with E-state index in [0.717, 1.165) is 17.9 Å². The summed E-state index contributed by atoms with van der Waals surface area (Å²) in [6, 6.07) is 2.20. The third kappa shape index (κ3) is 4.79. The van der Waals surface area contributed by atoms with Gasteiger partial charge in [0.2, 0.25) is 0 Å². The molecule has 1 aromatic heterocycles. The largest absolute Gasteiger partial charge is 0.396 e. The quantitative estimate of drug-likeness (QED) is 0.818. The fraction of sp³-hybridized carbons (Fsp3) is 0.692. The van der Waals surface area contributed by atoms with Gasteiger partial charge in [0, 0.05) is 25.4 Å². The second-order valence-electron chi connectivity index (χ2n) is 5.41. The lowest BCUT2D eigenvalue weighted by Gasteiger charge is -2.31. The fourth-order valence-electron chi connectivity index (χ4n) is 1.80. The number of aryl methyl sites for hydroxylation is 1. The van der Waals surface area contributed by atoms with Crippen LogP contribution in [0.1, 0.15) is 38.7 Å². The highest BCUT2D eigenvalue weighted by Crippen LogP contribution is 2.21. The Morgan fingerprint density at radius 2 is 2.12 bits per heavy atom. The van der Waals surface area contributed by atoms with Crippen molar-refractivity contribution >= 4 is 0 Å². The van der Waals surface area contributed by atoms with Crippen LogP contribution in [0.4, 0.5) is 0 Å². The van der Waals surface area contributed by atoms with Gasteiger partial charge < -0.3 is 10.4 Å². The molecule has 0 radical (unpaired) electrons. The first-order chi connectivity index (χ1) is 7.93. The Labute approximate surface area is 103 Å². The minimum absolute atomic E-state index is 0.130. The predicted octanol–water partition coefficient (Wildman–Crippen LogP) is 1.67. The van der Waals surface area contributed by atoms with Crippen molar-refractivity contribution in [2.45, 2.75) is 46.7 Å². The Morgan fingerprint density at radius 3 is 2.65 bits per heavy atom. The highest BCUT2D eigenvalue weighted by atomic mass is 16.3. The molecule has 0 aliphatic rings. The minimum atomic E-state index is 0.130. The van der Waals surface area contributed by atoms with Gasteiger partial charge in [-0.2, -0.15) is 0 Å². The SMILES string of the molecule is Cc1nccc(CNC(CCO)C(C)(C)C)n1. The topological polar surface area (TPSA) is 58.0 Å². The van der Waals surface area contributed by atoms with Crippen LogP contribution in [-0.4, -0.2) is 27.7 Å². The second kappa shape index (κ2) is 6.07. The first-order valence-corrected chi connectivity index (χ1v) is 6.06. The van der Waals surface area contributed by atoms with Crippen LogP contribution in [0.2, 0.25) is 0 Å².